The molecule has 0 bridgehead atoms. The van der Waals surface area contributed by atoms with Crippen LogP contribution in [0.4, 0.5) is 5.69 Å². The zero-order valence-electron chi connectivity index (χ0n) is 15.7. The maximum Gasteiger partial charge on any atom is 0.280 e. The van der Waals surface area contributed by atoms with Crippen LogP contribution in [-0.4, -0.2) is 29.9 Å². The van der Waals surface area contributed by atoms with Gasteiger partial charge in [0, 0.05) is 22.5 Å². The minimum Gasteiger partial charge on any atom is -0.320 e. The zero-order valence-corrected chi connectivity index (χ0v) is 17.3. The molecule has 3 aromatic rings. The van der Waals surface area contributed by atoms with Gasteiger partial charge in [0.2, 0.25) is 5.43 Å². The van der Waals surface area contributed by atoms with Crippen LogP contribution in [0.25, 0.3) is 5.69 Å². The third kappa shape index (κ3) is 4.55. The number of hydrogen-bond acceptors (Lipinski definition) is 5. The first kappa shape index (κ1) is 20.8. The fourth-order valence-electron chi connectivity index (χ4n) is 2.65. The number of carbonyl (C=O) groups excluding carboxylic acids is 1. The molecule has 0 spiro atoms. The lowest BCUT2D eigenvalue weighted by atomic mass is 10.2. The highest BCUT2D eigenvalue weighted by Crippen LogP contribution is 2.17. The van der Waals surface area contributed by atoms with Crippen molar-refractivity contribution in [2.45, 2.75) is 18.7 Å². The van der Waals surface area contributed by atoms with Crippen LogP contribution in [0.1, 0.15) is 23.1 Å². The first-order valence-electron chi connectivity index (χ1n) is 8.72. The number of hydrogen-bond donors (Lipinski definition) is 1. The second kappa shape index (κ2) is 8.18. The van der Waals surface area contributed by atoms with E-state index in [9.17, 15) is 18.0 Å². The molecule has 0 fully saturated rings. The van der Waals surface area contributed by atoms with Crippen molar-refractivity contribution in [3.05, 3.63) is 81.2 Å². The molecule has 29 heavy (non-hydrogen) atoms. The maximum atomic E-state index is 12.6. The normalized spacial score (nSPS) is 11.3. The number of amides is 1. The van der Waals surface area contributed by atoms with Crippen LogP contribution in [0.3, 0.4) is 0 Å². The van der Waals surface area contributed by atoms with Gasteiger partial charge in [-0.1, -0.05) is 18.5 Å². The molecule has 0 unspecified atom stereocenters. The summed E-state index contributed by atoms with van der Waals surface area (Å²) in [6, 6.07) is 13.9. The van der Waals surface area contributed by atoms with Crippen molar-refractivity contribution in [1.82, 2.24) is 9.78 Å². The Kier molecular flexibility index (Phi) is 5.86. The molecule has 0 aliphatic rings. The highest BCUT2D eigenvalue weighted by molar-refractivity contribution is 7.91. The smallest absolute Gasteiger partial charge is 0.280 e. The molecule has 3 rings (SSSR count). The Morgan fingerprint density at radius 3 is 2.31 bits per heavy atom. The monoisotopic (exact) mass is 431 g/mol. The Bertz CT molecular complexity index is 1220. The summed E-state index contributed by atoms with van der Waals surface area (Å²) in [7, 11) is -3.33. The van der Waals surface area contributed by atoms with E-state index in [-0.39, 0.29) is 16.3 Å². The zero-order chi connectivity index (χ0) is 21.2. The third-order valence-electron chi connectivity index (χ3n) is 4.25. The molecular formula is C20H18ClN3O4S. The molecule has 7 nitrogen and oxygen atoms in total. The quantitative estimate of drug-likeness (QED) is 0.668. The van der Waals surface area contributed by atoms with Crippen molar-refractivity contribution in [2.75, 3.05) is 11.1 Å². The van der Waals surface area contributed by atoms with E-state index in [1.165, 1.54) is 35.0 Å². The largest absolute Gasteiger partial charge is 0.320 e. The van der Waals surface area contributed by atoms with E-state index >= 15 is 0 Å². The Balaban J connectivity index is 1.90. The summed E-state index contributed by atoms with van der Waals surface area (Å²) in [4.78, 5) is 25.1. The number of benzene rings is 2. The van der Waals surface area contributed by atoms with Crippen LogP contribution < -0.4 is 10.7 Å². The predicted octanol–water partition coefficient (Wildman–Crippen LogP) is 3.24. The molecule has 0 aliphatic heterocycles. The molecule has 0 saturated heterocycles. The van der Waals surface area contributed by atoms with Gasteiger partial charge < -0.3 is 5.32 Å². The molecule has 0 saturated carbocycles. The van der Waals surface area contributed by atoms with Gasteiger partial charge in [0.05, 0.1) is 16.3 Å². The lowest BCUT2D eigenvalue weighted by molar-refractivity contribution is 0.101. The summed E-state index contributed by atoms with van der Waals surface area (Å²) in [5.41, 5.74) is 0.758. The summed E-state index contributed by atoms with van der Waals surface area (Å²) in [5, 5.41) is 7.32. The average molecular weight is 432 g/mol. The van der Waals surface area contributed by atoms with Crippen LogP contribution >= 0.6 is 11.6 Å². The van der Waals surface area contributed by atoms with E-state index in [0.717, 1.165) is 0 Å². The Morgan fingerprint density at radius 1 is 1.10 bits per heavy atom. The number of rotatable bonds is 5. The average Bonchev–Trinajstić information content (AvgIpc) is 2.69. The van der Waals surface area contributed by atoms with Crippen LogP contribution in [0.15, 0.2) is 64.3 Å². The van der Waals surface area contributed by atoms with Gasteiger partial charge in [0.25, 0.3) is 5.91 Å². The van der Waals surface area contributed by atoms with Crippen molar-refractivity contribution in [3.8, 4) is 5.69 Å². The maximum absolute atomic E-state index is 12.6. The van der Waals surface area contributed by atoms with Crippen molar-refractivity contribution >= 4 is 33.0 Å². The second-order valence-electron chi connectivity index (χ2n) is 6.27. The first-order valence-corrected chi connectivity index (χ1v) is 10.8. The van der Waals surface area contributed by atoms with Crippen molar-refractivity contribution < 1.29 is 13.2 Å². The standard InChI is InChI=1S/C20H18ClN3O4S/c1-3-29(27,28)17-10-6-15(7-11-17)22-20(26)19-18(25)12-13(2)24(23-19)16-8-4-14(21)5-9-16/h4-12H,3H2,1-2H3,(H,22,26). The SMILES string of the molecule is CCS(=O)(=O)c1ccc(NC(=O)c2nn(-c3ccc(Cl)cc3)c(C)cc2=O)cc1. The highest BCUT2D eigenvalue weighted by atomic mass is 35.5. The van der Waals surface area contributed by atoms with Gasteiger partial charge in [-0.3, -0.25) is 9.59 Å². The summed E-state index contributed by atoms with van der Waals surface area (Å²) in [6.45, 7) is 3.26. The number of halogens is 1. The predicted molar refractivity (Wildman–Crippen MR) is 112 cm³/mol. The Morgan fingerprint density at radius 2 is 1.72 bits per heavy atom. The lowest BCUT2D eigenvalue weighted by Gasteiger charge is -2.11. The summed E-state index contributed by atoms with van der Waals surface area (Å²) < 4.78 is 25.2. The van der Waals surface area contributed by atoms with Gasteiger partial charge in [0.1, 0.15) is 0 Å². The van der Waals surface area contributed by atoms with Crippen LogP contribution in [-0.2, 0) is 9.84 Å². The van der Waals surface area contributed by atoms with Crippen LogP contribution in [0.5, 0.6) is 0 Å². The van der Waals surface area contributed by atoms with Gasteiger partial charge in [-0.25, -0.2) is 13.1 Å². The van der Waals surface area contributed by atoms with Gasteiger partial charge in [0.15, 0.2) is 15.5 Å². The molecule has 1 aromatic heterocycles. The molecule has 150 valence electrons. The van der Waals surface area contributed by atoms with E-state index in [1.807, 2.05) is 0 Å². The van der Waals surface area contributed by atoms with Crippen molar-refractivity contribution in [1.29, 1.82) is 0 Å². The van der Waals surface area contributed by atoms with E-state index in [0.29, 0.717) is 22.1 Å². The topological polar surface area (TPSA) is 98.1 Å². The fraction of sp³-hybridized carbons (Fsp3) is 0.150. The highest BCUT2D eigenvalue weighted by Gasteiger charge is 2.16. The van der Waals surface area contributed by atoms with Gasteiger partial charge >= 0.3 is 0 Å². The fourth-order valence-corrected chi connectivity index (χ4v) is 3.66. The van der Waals surface area contributed by atoms with E-state index < -0.39 is 21.2 Å². The number of nitrogens with zero attached hydrogens (tertiary/aromatic N) is 2. The van der Waals surface area contributed by atoms with Crippen molar-refractivity contribution in [2.24, 2.45) is 0 Å². The number of sulfone groups is 1. The molecule has 2 aromatic carbocycles. The molecule has 1 heterocycles. The number of carbonyl (C=O) groups is 1. The molecule has 0 radical (unpaired) electrons. The number of aromatic nitrogens is 2. The minimum atomic E-state index is -3.33. The number of aryl methyl sites for hydroxylation is 1. The second-order valence-corrected chi connectivity index (χ2v) is 8.98. The van der Waals surface area contributed by atoms with E-state index in [4.69, 9.17) is 11.6 Å². The van der Waals surface area contributed by atoms with Crippen LogP contribution in [0.2, 0.25) is 5.02 Å². The number of nitrogens with one attached hydrogen (secondary N) is 1. The third-order valence-corrected chi connectivity index (χ3v) is 6.25. The summed E-state index contributed by atoms with van der Waals surface area (Å²) in [5.74, 6) is -0.709. The van der Waals surface area contributed by atoms with E-state index in [2.05, 4.69) is 10.4 Å². The molecular weight excluding hydrogens is 414 g/mol. The summed E-state index contributed by atoms with van der Waals surface area (Å²) in [6.07, 6.45) is 0. The Labute approximate surface area is 172 Å². The Hall–Kier alpha value is -2.97. The van der Waals surface area contributed by atoms with Crippen molar-refractivity contribution in [3.63, 3.8) is 0 Å². The van der Waals surface area contributed by atoms with Crippen LogP contribution in [0, 0.1) is 6.92 Å². The van der Waals surface area contributed by atoms with Gasteiger partial charge in [-0.2, -0.15) is 5.10 Å². The summed E-state index contributed by atoms with van der Waals surface area (Å²) >= 11 is 5.90. The first-order chi connectivity index (χ1) is 13.7. The van der Waals surface area contributed by atoms with Gasteiger partial charge in [-0.15, -0.1) is 0 Å². The molecule has 0 aliphatic carbocycles. The number of anilines is 1. The molecule has 0 atom stereocenters. The molecule has 1 N–H and O–H groups in total. The molecule has 9 heteroatoms. The lowest BCUT2D eigenvalue weighted by Crippen LogP contribution is -2.26. The van der Waals surface area contributed by atoms with Gasteiger partial charge in [-0.05, 0) is 55.5 Å². The molecule has 1 amide bonds. The van der Waals surface area contributed by atoms with E-state index in [1.54, 1.807) is 38.1 Å². The minimum absolute atomic E-state index is 0.0176.